The molecule has 1 aromatic carbocycles. The molecular weight excluding hydrogens is 474 g/mol. The van der Waals surface area contributed by atoms with Gasteiger partial charge in [0.25, 0.3) is 5.91 Å². The molecule has 1 unspecified atom stereocenters. The minimum Gasteiger partial charge on any atom is -0.485 e. The van der Waals surface area contributed by atoms with Gasteiger partial charge in [-0.3, -0.25) is 19.8 Å². The van der Waals surface area contributed by atoms with Gasteiger partial charge in [-0.1, -0.05) is 6.92 Å². The third-order valence-electron chi connectivity index (χ3n) is 4.66. The van der Waals surface area contributed by atoms with Gasteiger partial charge in [-0.05, 0) is 57.8 Å². The van der Waals surface area contributed by atoms with E-state index in [1.807, 2.05) is 0 Å². The molecule has 2 aliphatic rings. The Morgan fingerprint density at radius 1 is 1.31 bits per heavy atom. The molecule has 2 heterocycles. The summed E-state index contributed by atoms with van der Waals surface area (Å²) in [5.74, 6) is -0.260. The van der Waals surface area contributed by atoms with Gasteiger partial charge in [-0.2, -0.15) is 0 Å². The maximum atomic E-state index is 12.8. The van der Waals surface area contributed by atoms with Crippen molar-refractivity contribution in [1.29, 1.82) is 0 Å². The summed E-state index contributed by atoms with van der Waals surface area (Å²) >= 11 is 6.50. The maximum absolute atomic E-state index is 12.8. The zero-order valence-corrected chi connectivity index (χ0v) is 17.4. The molecule has 0 aromatic heterocycles. The molecule has 0 saturated carbocycles. The average molecular weight is 493 g/mol. The number of carbonyl (C=O) groups excluding carboxylic acids is 1. The molecule has 1 amide bonds. The van der Waals surface area contributed by atoms with Crippen molar-refractivity contribution in [3.8, 4) is 11.5 Å². The fourth-order valence-corrected chi connectivity index (χ4v) is 4.47. The van der Waals surface area contributed by atoms with Crippen molar-refractivity contribution in [3.63, 3.8) is 0 Å². The number of nitro benzene ring substituents is 1. The lowest BCUT2D eigenvalue weighted by Gasteiger charge is -2.25. The molecule has 8 nitrogen and oxygen atoms in total. The van der Waals surface area contributed by atoms with Crippen LogP contribution in [-0.2, 0) is 0 Å². The Labute approximate surface area is 167 Å². The first-order chi connectivity index (χ1) is 12.5. The van der Waals surface area contributed by atoms with Gasteiger partial charge < -0.3 is 14.8 Å². The van der Waals surface area contributed by atoms with Crippen molar-refractivity contribution < 1.29 is 19.2 Å². The number of nitro groups is 1. The van der Waals surface area contributed by atoms with E-state index in [0.29, 0.717) is 12.6 Å². The van der Waals surface area contributed by atoms with Crippen LogP contribution in [0.4, 0.5) is 5.69 Å². The number of hydrogen-bond donors (Lipinski definition) is 1. The predicted octanol–water partition coefficient (Wildman–Crippen LogP) is 3.11. The van der Waals surface area contributed by atoms with Gasteiger partial charge in [-0.15, -0.1) is 0 Å². The van der Waals surface area contributed by atoms with Gasteiger partial charge >= 0.3 is 5.69 Å². The van der Waals surface area contributed by atoms with E-state index in [1.165, 1.54) is 0 Å². The Kier molecular flexibility index (Phi) is 6.03. The Morgan fingerprint density at radius 3 is 2.65 bits per heavy atom. The largest absolute Gasteiger partial charge is 0.485 e. The van der Waals surface area contributed by atoms with Gasteiger partial charge in [0.1, 0.15) is 23.2 Å². The van der Waals surface area contributed by atoms with Crippen molar-refractivity contribution in [1.82, 2.24) is 10.2 Å². The van der Waals surface area contributed by atoms with Crippen molar-refractivity contribution in [2.24, 2.45) is 0 Å². The number of fused-ring (bicyclic) bond motifs is 1. The first kappa shape index (κ1) is 19.4. The summed E-state index contributed by atoms with van der Waals surface area (Å²) in [6.45, 7) is 5.02. The predicted molar refractivity (Wildman–Crippen MR) is 102 cm³/mol. The highest BCUT2D eigenvalue weighted by Gasteiger charge is 2.36. The van der Waals surface area contributed by atoms with E-state index in [1.54, 1.807) is 0 Å². The number of benzene rings is 1. The van der Waals surface area contributed by atoms with Crippen LogP contribution in [0.25, 0.3) is 0 Å². The van der Waals surface area contributed by atoms with E-state index in [9.17, 15) is 14.9 Å². The minimum absolute atomic E-state index is 0.0162. The molecule has 1 saturated heterocycles. The molecule has 26 heavy (non-hydrogen) atoms. The number of halogens is 2. The molecule has 2 aliphatic heterocycles. The van der Waals surface area contributed by atoms with Gasteiger partial charge in [0, 0.05) is 12.6 Å². The average Bonchev–Trinajstić information content (AvgIpc) is 3.08. The molecule has 142 valence electrons. The highest BCUT2D eigenvalue weighted by atomic mass is 79.9. The molecule has 1 aromatic rings. The fourth-order valence-electron chi connectivity index (χ4n) is 3.40. The Balaban J connectivity index is 1.90. The third-order valence-corrected chi connectivity index (χ3v) is 6.75. The molecule has 1 atom stereocenters. The minimum atomic E-state index is -0.554. The molecule has 0 radical (unpaired) electrons. The van der Waals surface area contributed by atoms with Gasteiger partial charge in [0.2, 0.25) is 5.75 Å². The third kappa shape index (κ3) is 3.54. The van der Waals surface area contributed by atoms with Crippen LogP contribution in [0, 0.1) is 10.1 Å². The zero-order chi connectivity index (χ0) is 18.8. The number of likely N-dealkylation sites (N-methyl/N-ethyl adjacent to an activating group) is 1. The zero-order valence-electron chi connectivity index (χ0n) is 14.2. The van der Waals surface area contributed by atoms with Crippen molar-refractivity contribution in [2.45, 2.75) is 25.8 Å². The Bertz CT molecular complexity index is 743. The second kappa shape index (κ2) is 8.10. The van der Waals surface area contributed by atoms with E-state index >= 15 is 0 Å². The molecule has 0 bridgehead atoms. The molecule has 1 N–H and O–H groups in total. The monoisotopic (exact) mass is 491 g/mol. The van der Waals surface area contributed by atoms with E-state index in [-0.39, 0.29) is 50.8 Å². The summed E-state index contributed by atoms with van der Waals surface area (Å²) in [5, 5.41) is 14.3. The summed E-state index contributed by atoms with van der Waals surface area (Å²) in [4.78, 5) is 26.0. The van der Waals surface area contributed by atoms with E-state index in [4.69, 9.17) is 9.47 Å². The Morgan fingerprint density at radius 2 is 2.00 bits per heavy atom. The molecule has 1 fully saturated rings. The standard InChI is InChI=1S/C16H19Br2N3O5/c1-2-20-5-3-4-9(20)8-19-16(22)10-11(17)12(18)13(21(23)24)15-14(10)25-6-7-26-15/h9H,2-8H2,1H3,(H,19,22). The number of nitrogens with zero attached hydrogens (tertiary/aromatic N) is 2. The van der Waals surface area contributed by atoms with Crippen LogP contribution in [0.15, 0.2) is 8.95 Å². The maximum Gasteiger partial charge on any atom is 0.330 e. The highest BCUT2D eigenvalue weighted by Crippen LogP contribution is 2.50. The topological polar surface area (TPSA) is 93.9 Å². The number of ether oxygens (including phenoxy) is 2. The molecule has 10 heteroatoms. The molecule has 3 rings (SSSR count). The number of hydrogen-bond acceptors (Lipinski definition) is 6. The molecule has 0 spiro atoms. The smallest absolute Gasteiger partial charge is 0.330 e. The lowest BCUT2D eigenvalue weighted by molar-refractivity contribution is -0.387. The molecular formula is C16H19Br2N3O5. The number of rotatable bonds is 5. The van der Waals surface area contributed by atoms with Crippen LogP contribution < -0.4 is 14.8 Å². The van der Waals surface area contributed by atoms with Crippen LogP contribution in [-0.4, -0.2) is 54.6 Å². The number of nitrogens with one attached hydrogen (secondary N) is 1. The van der Waals surface area contributed by atoms with Crippen LogP contribution in [0.3, 0.4) is 0 Å². The van der Waals surface area contributed by atoms with Crippen molar-refractivity contribution in [3.05, 3.63) is 24.6 Å². The normalized spacial score (nSPS) is 19.4. The molecule has 0 aliphatic carbocycles. The lowest BCUT2D eigenvalue weighted by atomic mass is 10.1. The number of carbonyl (C=O) groups is 1. The summed E-state index contributed by atoms with van der Waals surface area (Å²) in [6, 6.07) is 0.303. The quantitative estimate of drug-likeness (QED) is 0.501. The van der Waals surface area contributed by atoms with E-state index in [2.05, 4.69) is 49.0 Å². The van der Waals surface area contributed by atoms with Crippen molar-refractivity contribution in [2.75, 3.05) is 32.8 Å². The van der Waals surface area contributed by atoms with E-state index in [0.717, 1.165) is 25.9 Å². The van der Waals surface area contributed by atoms with Gasteiger partial charge in [-0.25, -0.2) is 0 Å². The second-order valence-electron chi connectivity index (χ2n) is 6.10. The highest BCUT2D eigenvalue weighted by molar-refractivity contribution is 9.13. The first-order valence-corrected chi connectivity index (χ1v) is 10.0. The number of amides is 1. The van der Waals surface area contributed by atoms with Gasteiger partial charge in [0.15, 0.2) is 5.75 Å². The van der Waals surface area contributed by atoms with Crippen molar-refractivity contribution >= 4 is 43.5 Å². The first-order valence-electron chi connectivity index (χ1n) is 8.42. The lowest BCUT2D eigenvalue weighted by Crippen LogP contribution is -2.40. The van der Waals surface area contributed by atoms with Crippen LogP contribution in [0.2, 0.25) is 0 Å². The second-order valence-corrected chi connectivity index (χ2v) is 7.68. The summed E-state index contributed by atoms with van der Waals surface area (Å²) in [7, 11) is 0. The Hall–Kier alpha value is -1.39. The van der Waals surface area contributed by atoms with Gasteiger partial charge in [0.05, 0.1) is 9.40 Å². The SMILES string of the molecule is CCN1CCCC1CNC(=O)c1c(Br)c(Br)c([N+](=O)[O-])c2c1OCCO2. The van der Waals surface area contributed by atoms with E-state index < -0.39 is 4.92 Å². The summed E-state index contributed by atoms with van der Waals surface area (Å²) in [6.07, 6.45) is 2.16. The van der Waals surface area contributed by atoms with Crippen LogP contribution in [0.1, 0.15) is 30.1 Å². The van der Waals surface area contributed by atoms with Crippen LogP contribution in [0.5, 0.6) is 11.5 Å². The number of likely N-dealkylation sites (tertiary alicyclic amines) is 1. The fraction of sp³-hybridized carbons (Fsp3) is 0.562. The summed E-state index contributed by atoms with van der Waals surface area (Å²) in [5.41, 5.74) is -0.0469. The van der Waals surface area contributed by atoms with Crippen LogP contribution >= 0.6 is 31.9 Å². The summed E-state index contributed by atoms with van der Waals surface area (Å²) < 4.78 is 11.5.